The van der Waals surface area contributed by atoms with E-state index in [0.29, 0.717) is 12.0 Å². The first-order chi connectivity index (χ1) is 16.5. The summed E-state index contributed by atoms with van der Waals surface area (Å²) < 4.78 is 5.13. The molecule has 0 saturated heterocycles. The summed E-state index contributed by atoms with van der Waals surface area (Å²) in [6, 6.07) is 9.84. The second kappa shape index (κ2) is 11.0. The number of hydrogen-bond acceptors (Lipinski definition) is 8. The number of Topliss-reactive ketones (excluding diaryl/α,β-unsaturated/α-hetero) is 1. The summed E-state index contributed by atoms with van der Waals surface area (Å²) in [7, 11) is 0. The van der Waals surface area contributed by atoms with Crippen LogP contribution in [0, 0.1) is 16.0 Å². The number of carbonyl (C=O) groups excluding carboxylic acids is 3. The average molecular weight is 481 g/mol. The van der Waals surface area contributed by atoms with Crippen LogP contribution in [0.4, 0.5) is 5.69 Å². The lowest BCUT2D eigenvalue weighted by Crippen LogP contribution is -2.19. The molecule has 0 bridgehead atoms. The van der Waals surface area contributed by atoms with Crippen molar-refractivity contribution < 1.29 is 28.9 Å². The van der Waals surface area contributed by atoms with Gasteiger partial charge in [0.2, 0.25) is 5.78 Å². The molecule has 0 heterocycles. The van der Waals surface area contributed by atoms with E-state index in [1.165, 1.54) is 12.1 Å². The highest BCUT2D eigenvalue weighted by molar-refractivity contribution is 6.46. The third-order valence-corrected chi connectivity index (χ3v) is 5.37. The van der Waals surface area contributed by atoms with Crippen LogP contribution in [0.15, 0.2) is 41.6 Å². The molecular formula is C26H28N2O7. The summed E-state index contributed by atoms with van der Waals surface area (Å²) in [6.45, 7) is 7.16. The van der Waals surface area contributed by atoms with Crippen LogP contribution in [0.1, 0.15) is 68.4 Å². The van der Waals surface area contributed by atoms with Crippen molar-refractivity contribution in [1.29, 1.82) is 0 Å². The molecule has 0 amide bonds. The second-order valence-corrected chi connectivity index (χ2v) is 9.11. The number of ketones is 1. The molecule has 0 aromatic heterocycles. The molecular weight excluding hydrogens is 452 g/mol. The maximum Gasteiger partial charge on any atom is 0.335 e. The van der Waals surface area contributed by atoms with E-state index in [0.717, 1.165) is 22.3 Å². The second-order valence-electron chi connectivity index (χ2n) is 9.11. The number of oxime groups is 1. The zero-order chi connectivity index (χ0) is 25.7. The highest BCUT2D eigenvalue weighted by Gasteiger charge is 2.24. The number of nitrogens with zero attached hydrogens (tertiary/aromatic N) is 2. The van der Waals surface area contributed by atoms with Crippen molar-refractivity contribution in [2.75, 3.05) is 0 Å². The van der Waals surface area contributed by atoms with Crippen LogP contribution in [-0.2, 0) is 25.6 Å². The van der Waals surface area contributed by atoms with E-state index in [2.05, 4.69) is 5.16 Å². The van der Waals surface area contributed by atoms with E-state index in [-0.39, 0.29) is 42.7 Å². The molecule has 2 aromatic carbocycles. The smallest absolute Gasteiger partial charge is 0.335 e. The summed E-state index contributed by atoms with van der Waals surface area (Å²) in [5.41, 5.74) is 3.72. The van der Waals surface area contributed by atoms with Crippen LogP contribution in [0.2, 0.25) is 0 Å². The molecule has 0 aliphatic heterocycles. The van der Waals surface area contributed by atoms with Crippen LogP contribution < -0.4 is 0 Å². The van der Waals surface area contributed by atoms with Crippen molar-refractivity contribution in [2.24, 2.45) is 11.1 Å². The lowest BCUT2D eigenvalue weighted by Gasteiger charge is -2.10. The van der Waals surface area contributed by atoms with Crippen molar-refractivity contribution in [3.8, 4) is 11.1 Å². The Balaban J connectivity index is 1.83. The van der Waals surface area contributed by atoms with E-state index in [4.69, 9.17) is 9.57 Å². The summed E-state index contributed by atoms with van der Waals surface area (Å²) in [5, 5.41) is 14.9. The standard InChI is InChI=1S/C26H28N2O7/c1-15(2)11-25(30)35-27-23(9-10-24(29)34-16(3)4)26(31)17-5-7-21-18(12-17)13-19-14-20(28(32)33)6-8-22(19)21/h5-8,12,14-16H,9-11,13H2,1-4H3. The van der Waals surface area contributed by atoms with E-state index >= 15 is 0 Å². The van der Waals surface area contributed by atoms with Gasteiger partial charge in [0.15, 0.2) is 0 Å². The van der Waals surface area contributed by atoms with Crippen LogP contribution in [-0.4, -0.2) is 34.5 Å². The zero-order valence-electron chi connectivity index (χ0n) is 20.2. The number of hydrogen-bond donors (Lipinski definition) is 0. The SMILES string of the molecule is CC(C)CC(=O)ON=C(CCC(=O)OC(C)C)C(=O)c1ccc2c(c1)Cc1cc([N+](=O)[O-])ccc1-2. The van der Waals surface area contributed by atoms with Crippen molar-refractivity contribution in [3.63, 3.8) is 0 Å². The Morgan fingerprint density at radius 2 is 1.63 bits per heavy atom. The fourth-order valence-electron chi connectivity index (χ4n) is 3.84. The van der Waals surface area contributed by atoms with Gasteiger partial charge in [-0.15, -0.1) is 0 Å². The highest BCUT2D eigenvalue weighted by atomic mass is 16.7. The molecule has 1 aliphatic carbocycles. The van der Waals surface area contributed by atoms with Gasteiger partial charge in [0.1, 0.15) is 5.71 Å². The minimum absolute atomic E-state index is 0.0128. The predicted molar refractivity (Wildman–Crippen MR) is 129 cm³/mol. The molecule has 3 rings (SSSR count). The summed E-state index contributed by atoms with van der Waals surface area (Å²) >= 11 is 0. The molecule has 0 atom stereocenters. The van der Waals surface area contributed by atoms with E-state index in [1.54, 1.807) is 38.1 Å². The fourth-order valence-corrected chi connectivity index (χ4v) is 3.84. The molecule has 2 aromatic rings. The number of rotatable bonds is 10. The van der Waals surface area contributed by atoms with E-state index in [1.807, 2.05) is 13.8 Å². The number of non-ortho nitro benzene ring substituents is 1. The average Bonchev–Trinajstić information content (AvgIpc) is 3.14. The van der Waals surface area contributed by atoms with Gasteiger partial charge in [0, 0.05) is 24.1 Å². The van der Waals surface area contributed by atoms with Gasteiger partial charge in [-0.2, -0.15) is 0 Å². The number of ether oxygens (including phenoxy) is 1. The topological polar surface area (TPSA) is 125 Å². The van der Waals surface area contributed by atoms with Gasteiger partial charge in [-0.1, -0.05) is 31.1 Å². The Hall–Kier alpha value is -3.88. The summed E-state index contributed by atoms with van der Waals surface area (Å²) in [5.74, 6) is -1.46. The Kier molecular flexibility index (Phi) is 8.11. The Morgan fingerprint density at radius 3 is 2.26 bits per heavy atom. The van der Waals surface area contributed by atoms with Gasteiger partial charge in [-0.3, -0.25) is 19.7 Å². The maximum atomic E-state index is 13.3. The molecule has 184 valence electrons. The molecule has 1 aliphatic rings. The fraction of sp³-hybridized carbons (Fsp3) is 0.385. The van der Waals surface area contributed by atoms with Crippen molar-refractivity contribution in [1.82, 2.24) is 0 Å². The van der Waals surface area contributed by atoms with E-state index in [9.17, 15) is 24.5 Å². The monoisotopic (exact) mass is 480 g/mol. The van der Waals surface area contributed by atoms with Crippen molar-refractivity contribution >= 4 is 29.1 Å². The van der Waals surface area contributed by atoms with Gasteiger partial charge in [0.25, 0.3) is 5.69 Å². The third-order valence-electron chi connectivity index (χ3n) is 5.37. The highest BCUT2D eigenvalue weighted by Crippen LogP contribution is 2.38. The van der Waals surface area contributed by atoms with Crippen LogP contribution in [0.3, 0.4) is 0 Å². The van der Waals surface area contributed by atoms with Gasteiger partial charge in [0.05, 0.1) is 23.9 Å². The van der Waals surface area contributed by atoms with E-state index < -0.39 is 22.6 Å². The number of carbonyl (C=O) groups is 3. The normalized spacial score (nSPS) is 12.3. The molecule has 0 unspecified atom stereocenters. The van der Waals surface area contributed by atoms with Gasteiger partial charge >= 0.3 is 11.9 Å². The minimum Gasteiger partial charge on any atom is -0.463 e. The maximum absolute atomic E-state index is 13.3. The number of fused-ring (bicyclic) bond motifs is 3. The lowest BCUT2D eigenvalue weighted by atomic mass is 9.98. The molecule has 0 saturated carbocycles. The van der Waals surface area contributed by atoms with Gasteiger partial charge in [-0.05, 0) is 60.6 Å². The molecule has 9 heteroatoms. The first-order valence-electron chi connectivity index (χ1n) is 11.5. The Morgan fingerprint density at radius 1 is 0.971 bits per heavy atom. The molecule has 0 spiro atoms. The first kappa shape index (κ1) is 25.7. The van der Waals surface area contributed by atoms with Crippen molar-refractivity contribution in [2.45, 2.75) is 59.5 Å². The number of nitro benzene ring substituents is 1. The van der Waals surface area contributed by atoms with Gasteiger partial charge in [-0.25, -0.2) is 4.79 Å². The molecule has 0 radical (unpaired) electrons. The van der Waals surface area contributed by atoms with Crippen molar-refractivity contribution in [3.05, 3.63) is 63.2 Å². The van der Waals surface area contributed by atoms with Crippen LogP contribution >= 0.6 is 0 Å². The number of benzene rings is 2. The zero-order valence-corrected chi connectivity index (χ0v) is 20.2. The summed E-state index contributed by atoms with van der Waals surface area (Å²) in [4.78, 5) is 52.9. The number of nitro groups is 1. The minimum atomic E-state index is -0.568. The molecule has 0 N–H and O–H groups in total. The third kappa shape index (κ3) is 6.59. The first-order valence-corrected chi connectivity index (χ1v) is 11.5. The Bertz CT molecular complexity index is 1200. The van der Waals surface area contributed by atoms with Gasteiger partial charge < -0.3 is 9.57 Å². The molecule has 0 fully saturated rings. The van der Waals surface area contributed by atoms with Crippen LogP contribution in [0.25, 0.3) is 11.1 Å². The largest absolute Gasteiger partial charge is 0.463 e. The number of esters is 1. The Labute approximate surface area is 203 Å². The summed E-state index contributed by atoms with van der Waals surface area (Å²) in [6.07, 6.45) is 0.151. The predicted octanol–water partition coefficient (Wildman–Crippen LogP) is 5.03. The quantitative estimate of drug-likeness (QED) is 0.0995. The lowest BCUT2D eigenvalue weighted by molar-refractivity contribution is -0.384. The molecule has 35 heavy (non-hydrogen) atoms. The van der Waals surface area contributed by atoms with Crippen LogP contribution in [0.5, 0.6) is 0 Å². The molecule has 9 nitrogen and oxygen atoms in total.